The highest BCUT2D eigenvalue weighted by Gasteiger charge is 2.16. The van der Waals surface area contributed by atoms with Crippen LogP contribution in [0, 0.1) is 13.8 Å². The zero-order valence-corrected chi connectivity index (χ0v) is 20.2. The number of carbonyl (C=O) groups excluding carboxylic acids is 1. The fourth-order valence-corrected chi connectivity index (χ4v) is 4.97. The van der Waals surface area contributed by atoms with Crippen molar-refractivity contribution in [1.29, 1.82) is 0 Å². The van der Waals surface area contributed by atoms with Crippen LogP contribution in [0.25, 0.3) is 21.3 Å². The summed E-state index contributed by atoms with van der Waals surface area (Å²) in [6.45, 7) is 3.96. The van der Waals surface area contributed by atoms with E-state index in [9.17, 15) is 9.59 Å². The highest BCUT2D eigenvalue weighted by Crippen LogP contribution is 2.33. The number of anilines is 3. The lowest BCUT2D eigenvalue weighted by atomic mass is 9.99. The van der Waals surface area contributed by atoms with Gasteiger partial charge >= 0.3 is 0 Å². The van der Waals surface area contributed by atoms with Crippen molar-refractivity contribution in [2.45, 2.75) is 20.4 Å². The summed E-state index contributed by atoms with van der Waals surface area (Å²) >= 11 is 1.44. The lowest BCUT2D eigenvalue weighted by Crippen LogP contribution is -2.27. The van der Waals surface area contributed by atoms with Gasteiger partial charge in [-0.25, -0.2) is 4.98 Å². The van der Waals surface area contributed by atoms with E-state index in [2.05, 4.69) is 21.7 Å². The molecule has 5 aromatic rings. The van der Waals surface area contributed by atoms with Gasteiger partial charge in [-0.15, -0.1) is 11.3 Å². The average Bonchev–Trinajstić information content (AvgIpc) is 3.27. The van der Waals surface area contributed by atoms with Gasteiger partial charge in [0.15, 0.2) is 0 Å². The first-order chi connectivity index (χ1) is 17.0. The zero-order valence-electron chi connectivity index (χ0n) is 19.4. The Labute approximate surface area is 206 Å². The molecule has 0 bridgehead atoms. The van der Waals surface area contributed by atoms with Gasteiger partial charge in [-0.05, 0) is 61.4 Å². The first kappa shape index (κ1) is 22.6. The number of para-hydroxylation sites is 1. The molecule has 5 rings (SSSR count). The number of rotatable bonds is 6. The second-order valence-corrected chi connectivity index (χ2v) is 9.30. The number of fused-ring (bicyclic) bond motifs is 1. The van der Waals surface area contributed by atoms with Crippen LogP contribution in [0.5, 0.6) is 0 Å². The summed E-state index contributed by atoms with van der Waals surface area (Å²) in [4.78, 5) is 31.1. The molecule has 0 atom stereocenters. The molecule has 0 aliphatic heterocycles. The van der Waals surface area contributed by atoms with Crippen LogP contribution >= 0.6 is 11.3 Å². The maximum Gasteiger partial charge on any atom is 0.263 e. The van der Waals surface area contributed by atoms with Crippen LogP contribution in [-0.4, -0.2) is 15.5 Å². The third-order valence-electron chi connectivity index (χ3n) is 5.78. The molecule has 2 aromatic heterocycles. The van der Waals surface area contributed by atoms with Gasteiger partial charge in [0.1, 0.15) is 11.4 Å². The minimum absolute atomic E-state index is 0.117. The molecule has 7 heteroatoms. The van der Waals surface area contributed by atoms with Crippen LogP contribution in [0.15, 0.2) is 89.3 Å². The Morgan fingerprint density at radius 3 is 2.37 bits per heavy atom. The molecule has 0 aliphatic carbocycles. The quantitative estimate of drug-likeness (QED) is 0.307. The van der Waals surface area contributed by atoms with E-state index in [1.54, 1.807) is 0 Å². The van der Waals surface area contributed by atoms with E-state index in [-0.39, 0.29) is 18.0 Å². The van der Waals surface area contributed by atoms with Crippen molar-refractivity contribution in [3.05, 3.63) is 106 Å². The maximum absolute atomic E-state index is 13.3. The number of benzene rings is 3. The number of thiophene rings is 1. The normalized spacial score (nSPS) is 10.9. The first-order valence-electron chi connectivity index (χ1n) is 11.2. The van der Waals surface area contributed by atoms with E-state index in [0.717, 1.165) is 28.1 Å². The van der Waals surface area contributed by atoms with E-state index in [1.165, 1.54) is 27.8 Å². The van der Waals surface area contributed by atoms with Gasteiger partial charge in [-0.3, -0.25) is 14.2 Å². The van der Waals surface area contributed by atoms with Crippen LogP contribution in [0.3, 0.4) is 0 Å². The molecule has 0 unspecified atom stereocenters. The molecule has 0 fully saturated rings. The summed E-state index contributed by atoms with van der Waals surface area (Å²) in [6.07, 6.45) is 1.44. The van der Waals surface area contributed by atoms with Crippen molar-refractivity contribution in [3.8, 4) is 11.1 Å². The molecule has 1 amide bonds. The van der Waals surface area contributed by atoms with Gasteiger partial charge in [-0.2, -0.15) is 0 Å². The first-order valence-corrected chi connectivity index (χ1v) is 12.1. The highest BCUT2D eigenvalue weighted by atomic mass is 32.1. The van der Waals surface area contributed by atoms with Gasteiger partial charge in [0.2, 0.25) is 5.91 Å². The predicted molar refractivity (Wildman–Crippen MR) is 144 cm³/mol. The van der Waals surface area contributed by atoms with Crippen molar-refractivity contribution in [3.63, 3.8) is 0 Å². The summed E-state index contributed by atoms with van der Waals surface area (Å²) in [6, 6.07) is 23.5. The SMILES string of the molecule is Cc1ccc(-c2csc3ncn(CC(=O)Nc4ccc(Nc5ccccc5)cc4)c(=O)c23)c(C)c1. The molecule has 6 nitrogen and oxygen atoms in total. The molecule has 174 valence electrons. The minimum Gasteiger partial charge on any atom is -0.356 e. The monoisotopic (exact) mass is 480 g/mol. The molecule has 0 saturated carbocycles. The second kappa shape index (κ2) is 9.56. The smallest absolute Gasteiger partial charge is 0.263 e. The van der Waals surface area contributed by atoms with E-state index in [1.807, 2.05) is 86.0 Å². The lowest BCUT2D eigenvalue weighted by molar-refractivity contribution is -0.116. The predicted octanol–water partition coefficient (Wildman–Crippen LogP) is 6.12. The third-order valence-corrected chi connectivity index (χ3v) is 6.66. The van der Waals surface area contributed by atoms with Crippen LogP contribution in [0.2, 0.25) is 0 Å². The Morgan fingerprint density at radius 2 is 1.63 bits per heavy atom. The molecule has 3 aromatic carbocycles. The summed E-state index contributed by atoms with van der Waals surface area (Å²) in [7, 11) is 0. The molecular weight excluding hydrogens is 456 g/mol. The number of hydrogen-bond acceptors (Lipinski definition) is 5. The molecule has 0 saturated heterocycles. The number of aryl methyl sites for hydroxylation is 2. The second-order valence-electron chi connectivity index (χ2n) is 8.44. The standard InChI is InChI=1S/C28H24N4O2S/c1-18-8-13-23(19(2)14-18)24-16-35-27-26(24)28(34)32(17-29-27)15-25(33)31-22-11-9-21(10-12-22)30-20-6-4-3-5-7-20/h3-14,16-17,30H,15H2,1-2H3,(H,31,33). The van der Waals surface area contributed by atoms with Gasteiger partial charge in [0, 0.05) is 28.0 Å². The zero-order chi connectivity index (χ0) is 24.4. The molecule has 0 aliphatic rings. The van der Waals surface area contributed by atoms with E-state index in [0.29, 0.717) is 15.9 Å². The van der Waals surface area contributed by atoms with E-state index in [4.69, 9.17) is 0 Å². The number of amides is 1. The fourth-order valence-electron chi connectivity index (χ4n) is 4.07. The van der Waals surface area contributed by atoms with Crippen LogP contribution in [0.4, 0.5) is 17.1 Å². The summed E-state index contributed by atoms with van der Waals surface area (Å²) in [5.74, 6) is -0.291. The van der Waals surface area contributed by atoms with Gasteiger partial charge < -0.3 is 10.6 Å². The lowest BCUT2D eigenvalue weighted by Gasteiger charge is -2.10. The van der Waals surface area contributed by atoms with Crippen LogP contribution in [-0.2, 0) is 11.3 Å². The Hall–Kier alpha value is -4.23. The summed E-state index contributed by atoms with van der Waals surface area (Å²) < 4.78 is 1.36. The van der Waals surface area contributed by atoms with E-state index < -0.39 is 0 Å². The molecular formula is C28H24N4O2S. The molecule has 0 radical (unpaired) electrons. The summed E-state index contributed by atoms with van der Waals surface area (Å²) in [5, 5.41) is 8.68. The minimum atomic E-state index is -0.291. The molecule has 0 spiro atoms. The highest BCUT2D eigenvalue weighted by molar-refractivity contribution is 7.17. The Kier molecular flexibility index (Phi) is 6.16. The Morgan fingerprint density at radius 1 is 0.914 bits per heavy atom. The molecule has 35 heavy (non-hydrogen) atoms. The van der Waals surface area contributed by atoms with E-state index >= 15 is 0 Å². The van der Waals surface area contributed by atoms with Crippen LogP contribution in [0.1, 0.15) is 11.1 Å². The van der Waals surface area contributed by atoms with Crippen molar-refractivity contribution in [2.75, 3.05) is 10.6 Å². The fraction of sp³-hybridized carbons (Fsp3) is 0.107. The number of nitrogens with zero attached hydrogens (tertiary/aromatic N) is 2. The van der Waals surface area contributed by atoms with Crippen LogP contribution < -0.4 is 16.2 Å². The number of carbonyl (C=O) groups is 1. The third kappa shape index (κ3) is 4.85. The molecule has 2 N–H and O–H groups in total. The Balaban J connectivity index is 1.33. The van der Waals surface area contributed by atoms with Crippen molar-refractivity contribution in [2.24, 2.45) is 0 Å². The van der Waals surface area contributed by atoms with Gasteiger partial charge in [0.25, 0.3) is 5.56 Å². The number of nitrogens with one attached hydrogen (secondary N) is 2. The van der Waals surface area contributed by atoms with Crippen molar-refractivity contribution < 1.29 is 4.79 Å². The maximum atomic E-state index is 13.3. The van der Waals surface area contributed by atoms with Gasteiger partial charge in [-0.1, -0.05) is 42.0 Å². The largest absolute Gasteiger partial charge is 0.356 e. The number of aromatic nitrogens is 2. The Bertz CT molecular complexity index is 1570. The average molecular weight is 481 g/mol. The molecule has 2 heterocycles. The topological polar surface area (TPSA) is 76.0 Å². The van der Waals surface area contributed by atoms with Crippen molar-refractivity contribution >= 4 is 44.5 Å². The summed E-state index contributed by atoms with van der Waals surface area (Å²) in [5.41, 5.74) is 6.47. The number of hydrogen-bond donors (Lipinski definition) is 2. The van der Waals surface area contributed by atoms with Gasteiger partial charge in [0.05, 0.1) is 11.7 Å². The van der Waals surface area contributed by atoms with Crippen molar-refractivity contribution in [1.82, 2.24) is 9.55 Å².